The molecule has 8 aromatic rings. The zero-order valence-corrected chi connectivity index (χ0v) is 20.7. The zero-order chi connectivity index (χ0) is 25.8. The fourth-order valence-corrected chi connectivity index (χ4v) is 5.25. The van der Waals surface area contributed by atoms with E-state index in [4.69, 9.17) is 23.5 Å². The average Bonchev–Trinajstić information content (AvgIpc) is 3.56. The van der Waals surface area contributed by atoms with Crippen molar-refractivity contribution in [2.75, 3.05) is 0 Å². The lowest BCUT2D eigenvalue weighted by Crippen LogP contribution is -1.94. The molecule has 0 fully saturated rings. The Hall–Kier alpha value is -5.42. The monoisotopic (exact) mass is 504 g/mol. The number of benzene rings is 4. The highest BCUT2D eigenvalue weighted by molar-refractivity contribution is 6.10. The molecule has 4 heterocycles. The molecule has 0 saturated heterocycles. The van der Waals surface area contributed by atoms with E-state index >= 15 is 0 Å². The van der Waals surface area contributed by atoms with Crippen LogP contribution in [0.25, 0.3) is 66.4 Å². The predicted octanol–water partition coefficient (Wildman–Crippen LogP) is 9.40. The van der Waals surface area contributed by atoms with Crippen LogP contribution in [-0.2, 0) is 0 Å². The van der Waals surface area contributed by atoms with E-state index in [1.165, 1.54) is 0 Å². The molecule has 0 saturated carbocycles. The lowest BCUT2D eigenvalue weighted by Gasteiger charge is -2.08. The van der Waals surface area contributed by atoms with Crippen molar-refractivity contribution in [2.24, 2.45) is 0 Å². The number of aromatic nitrogens is 2. The third-order valence-corrected chi connectivity index (χ3v) is 7.02. The normalized spacial score (nSPS) is 11.6. The van der Waals surface area contributed by atoms with E-state index in [9.17, 15) is 0 Å². The van der Waals surface area contributed by atoms with Gasteiger partial charge in [0.05, 0.1) is 11.4 Å². The summed E-state index contributed by atoms with van der Waals surface area (Å²) in [7, 11) is 0. The Kier molecular flexibility index (Phi) is 4.76. The van der Waals surface area contributed by atoms with E-state index in [2.05, 4.69) is 24.3 Å². The van der Waals surface area contributed by atoms with Gasteiger partial charge in [0, 0.05) is 44.8 Å². The number of furan rings is 2. The molecule has 0 unspecified atom stereocenters. The Morgan fingerprint density at radius 2 is 0.846 bits per heavy atom. The first kappa shape index (κ1) is 21.6. The summed E-state index contributed by atoms with van der Waals surface area (Å²) in [4.78, 5) is 9.60. The molecule has 0 aliphatic heterocycles. The van der Waals surface area contributed by atoms with Crippen molar-refractivity contribution in [3.8, 4) is 34.3 Å². The maximum atomic E-state index is 6.22. The first-order chi connectivity index (χ1) is 19.3. The molecule has 8 rings (SSSR count). The van der Waals surface area contributed by atoms with Crippen LogP contribution in [0.3, 0.4) is 0 Å². The van der Waals surface area contributed by atoms with E-state index in [0.29, 0.717) is 11.8 Å². The van der Waals surface area contributed by atoms with Crippen molar-refractivity contribution < 1.29 is 13.6 Å². The van der Waals surface area contributed by atoms with Crippen molar-refractivity contribution in [3.05, 3.63) is 121 Å². The molecule has 5 heteroatoms. The number of rotatable bonds is 4. The summed E-state index contributed by atoms with van der Waals surface area (Å²) < 4.78 is 18.6. The van der Waals surface area contributed by atoms with Crippen LogP contribution in [0.5, 0.6) is 11.8 Å². The fourth-order valence-electron chi connectivity index (χ4n) is 5.25. The minimum Gasteiger partial charge on any atom is -0.455 e. The van der Waals surface area contributed by atoms with Gasteiger partial charge in [0.2, 0.25) is 11.8 Å². The minimum atomic E-state index is 0.451. The topological polar surface area (TPSA) is 61.3 Å². The highest BCUT2D eigenvalue weighted by Crippen LogP contribution is 2.37. The van der Waals surface area contributed by atoms with Gasteiger partial charge in [-0.2, -0.15) is 0 Å². The second kappa shape index (κ2) is 8.57. The third kappa shape index (κ3) is 3.55. The van der Waals surface area contributed by atoms with Crippen LogP contribution in [0.2, 0.25) is 0 Å². The quantitative estimate of drug-likeness (QED) is 0.239. The maximum absolute atomic E-state index is 6.22. The van der Waals surface area contributed by atoms with E-state index < -0.39 is 0 Å². The van der Waals surface area contributed by atoms with Crippen molar-refractivity contribution in [2.45, 2.75) is 0 Å². The van der Waals surface area contributed by atoms with Crippen LogP contribution in [0.15, 0.2) is 130 Å². The Bertz CT molecular complexity index is 2020. The number of hydrogen-bond acceptors (Lipinski definition) is 5. The summed E-state index contributed by atoms with van der Waals surface area (Å²) in [6.07, 6.45) is 0. The van der Waals surface area contributed by atoms with Crippen molar-refractivity contribution in [1.29, 1.82) is 0 Å². The van der Waals surface area contributed by atoms with Crippen molar-refractivity contribution in [1.82, 2.24) is 9.97 Å². The first-order valence-corrected chi connectivity index (χ1v) is 12.7. The largest absolute Gasteiger partial charge is 0.455 e. The SMILES string of the molecule is c1cc(Oc2cccc(-c3cccc4c3oc3ccccc34)n2)nc(-c2cccc3c2oc2ccccc23)c1. The molecule has 0 radical (unpaired) electrons. The molecular weight excluding hydrogens is 484 g/mol. The van der Waals surface area contributed by atoms with Crippen LogP contribution in [0, 0.1) is 0 Å². The van der Waals surface area contributed by atoms with Crippen molar-refractivity contribution >= 4 is 43.9 Å². The Labute approximate surface area is 222 Å². The highest BCUT2D eigenvalue weighted by atomic mass is 16.5. The molecule has 0 aliphatic carbocycles. The molecule has 184 valence electrons. The summed E-state index contributed by atoms with van der Waals surface area (Å²) in [6.45, 7) is 0. The van der Waals surface area contributed by atoms with Crippen molar-refractivity contribution in [3.63, 3.8) is 0 Å². The molecule has 0 aliphatic rings. The van der Waals surface area contributed by atoms with Gasteiger partial charge in [-0.25, -0.2) is 9.97 Å². The Balaban J connectivity index is 1.17. The predicted molar refractivity (Wildman–Crippen MR) is 154 cm³/mol. The van der Waals surface area contributed by atoms with E-state index in [1.807, 2.05) is 97.1 Å². The van der Waals surface area contributed by atoms with Crippen LogP contribution in [0.4, 0.5) is 0 Å². The summed E-state index contributed by atoms with van der Waals surface area (Å²) in [5.74, 6) is 0.902. The van der Waals surface area contributed by atoms with Gasteiger partial charge in [0.25, 0.3) is 0 Å². The number of pyridine rings is 2. The molecule has 0 bridgehead atoms. The van der Waals surface area contributed by atoms with Gasteiger partial charge in [0.1, 0.15) is 22.3 Å². The van der Waals surface area contributed by atoms with Crippen LogP contribution < -0.4 is 4.74 Å². The first-order valence-electron chi connectivity index (χ1n) is 12.7. The van der Waals surface area contributed by atoms with Gasteiger partial charge in [-0.3, -0.25) is 0 Å². The Morgan fingerprint density at radius 3 is 1.36 bits per heavy atom. The molecule has 4 aromatic carbocycles. The number of fused-ring (bicyclic) bond motifs is 6. The molecule has 0 amide bonds. The van der Waals surface area contributed by atoms with Crippen LogP contribution in [0.1, 0.15) is 0 Å². The van der Waals surface area contributed by atoms with E-state index in [1.54, 1.807) is 0 Å². The van der Waals surface area contributed by atoms with Crippen LogP contribution >= 0.6 is 0 Å². The highest BCUT2D eigenvalue weighted by Gasteiger charge is 2.15. The molecule has 39 heavy (non-hydrogen) atoms. The number of ether oxygens (including phenoxy) is 1. The molecule has 4 aromatic heterocycles. The number of para-hydroxylation sites is 4. The van der Waals surface area contributed by atoms with Gasteiger partial charge >= 0.3 is 0 Å². The van der Waals surface area contributed by atoms with Gasteiger partial charge in [-0.15, -0.1) is 0 Å². The number of hydrogen-bond donors (Lipinski definition) is 0. The summed E-state index contributed by atoms with van der Waals surface area (Å²) in [6, 6.07) is 39.8. The fraction of sp³-hybridized carbons (Fsp3) is 0. The third-order valence-electron chi connectivity index (χ3n) is 7.02. The molecule has 5 nitrogen and oxygen atoms in total. The molecule has 0 spiro atoms. The zero-order valence-electron chi connectivity index (χ0n) is 20.7. The molecule has 0 N–H and O–H groups in total. The second-order valence-electron chi connectivity index (χ2n) is 9.39. The minimum absolute atomic E-state index is 0.451. The van der Waals surface area contributed by atoms with Gasteiger partial charge < -0.3 is 13.6 Å². The van der Waals surface area contributed by atoms with Gasteiger partial charge in [-0.1, -0.05) is 72.8 Å². The smallest absolute Gasteiger partial charge is 0.221 e. The summed E-state index contributed by atoms with van der Waals surface area (Å²) in [5, 5.41) is 4.29. The second-order valence-corrected chi connectivity index (χ2v) is 9.39. The van der Waals surface area contributed by atoms with Gasteiger partial charge in [0.15, 0.2) is 0 Å². The van der Waals surface area contributed by atoms with Crippen LogP contribution in [-0.4, -0.2) is 9.97 Å². The summed E-state index contributed by atoms with van der Waals surface area (Å²) >= 11 is 0. The maximum Gasteiger partial charge on any atom is 0.221 e. The lowest BCUT2D eigenvalue weighted by atomic mass is 10.1. The summed E-state index contributed by atoms with van der Waals surface area (Å²) in [5.41, 5.74) is 6.67. The average molecular weight is 505 g/mol. The number of nitrogens with zero attached hydrogens (tertiary/aromatic N) is 2. The Morgan fingerprint density at radius 1 is 0.410 bits per heavy atom. The standard InChI is InChI=1S/C34H20N2O3/c1-3-17-29-21(9-1)23-11-5-13-25(33(23)37-29)27-15-7-19-31(35-27)39-32-20-8-16-28(36-32)26-14-6-12-24-22-10-2-4-18-30(22)38-34(24)26/h1-20H. The van der Waals surface area contributed by atoms with E-state index in [0.717, 1.165) is 66.4 Å². The molecular formula is C34H20N2O3. The lowest BCUT2D eigenvalue weighted by molar-refractivity contribution is 0.446. The van der Waals surface area contributed by atoms with Gasteiger partial charge in [-0.05, 0) is 36.4 Å². The van der Waals surface area contributed by atoms with E-state index in [-0.39, 0.29) is 0 Å². The molecule has 0 atom stereocenters.